The van der Waals surface area contributed by atoms with Gasteiger partial charge in [-0.2, -0.15) is 16.8 Å². The Morgan fingerprint density at radius 2 is 1.11 bits per heavy atom. The smallest absolute Gasteiger partial charge is 0.282 e. The summed E-state index contributed by atoms with van der Waals surface area (Å²) in [6, 6.07) is 17.3. The van der Waals surface area contributed by atoms with E-state index in [-0.39, 0.29) is 20.6 Å². The molecule has 0 fully saturated rings. The summed E-state index contributed by atoms with van der Waals surface area (Å²) in [5.74, 6) is 0. The highest BCUT2D eigenvalue weighted by molar-refractivity contribution is 7.86. The van der Waals surface area contributed by atoms with E-state index in [1.54, 1.807) is 18.2 Å². The number of aliphatic imine (C=N–C) groups is 1. The predicted octanol–water partition coefficient (Wildman–Crippen LogP) is 5.58. The molecular weight excluding hydrogens is 641 g/mol. The van der Waals surface area contributed by atoms with Crippen molar-refractivity contribution in [2.24, 2.45) is 4.99 Å². The maximum atomic E-state index is 11.4. The molecule has 6 rings (SSSR count). The molecule has 0 amide bonds. The van der Waals surface area contributed by atoms with E-state index in [0.29, 0.717) is 0 Å². The molecule has 45 heavy (non-hydrogen) atoms. The Bertz CT molecular complexity index is 2300. The summed E-state index contributed by atoms with van der Waals surface area (Å²) in [5, 5.41) is 3.60. The summed E-state index contributed by atoms with van der Waals surface area (Å²) in [5.41, 5.74) is 5.85. The molecule has 0 aromatic heterocycles. The summed E-state index contributed by atoms with van der Waals surface area (Å²) in [7, 11) is -9.49. The lowest BCUT2D eigenvalue weighted by atomic mass is 9.80. The zero-order chi connectivity index (χ0) is 33.9. The largest absolute Gasteiger partial charge is 0.425 e. The van der Waals surface area contributed by atoms with Gasteiger partial charge in [0.15, 0.2) is 5.71 Å². The lowest BCUT2D eigenvalue weighted by Crippen LogP contribution is -2.25. The van der Waals surface area contributed by atoms with Crippen LogP contribution in [0.3, 0.4) is 0 Å². The number of benzene rings is 4. The van der Waals surface area contributed by atoms with Crippen molar-refractivity contribution in [3.05, 3.63) is 71.8 Å². The van der Waals surface area contributed by atoms with Crippen LogP contribution in [0.1, 0.15) is 52.7 Å². The van der Waals surface area contributed by atoms with Gasteiger partial charge >= 0.3 is 10.6 Å². The van der Waals surface area contributed by atoms with Crippen molar-refractivity contribution in [2.75, 3.05) is 7.05 Å². The van der Waals surface area contributed by atoms with Crippen molar-refractivity contribution in [3.63, 3.8) is 0 Å². The van der Waals surface area contributed by atoms with Gasteiger partial charge in [-0.3, -0.25) is 14.1 Å². The van der Waals surface area contributed by atoms with E-state index < -0.39 is 30.8 Å². The molecule has 0 spiro atoms. The van der Waals surface area contributed by atoms with Crippen molar-refractivity contribution in [2.45, 2.75) is 62.2 Å². The normalized spacial score (nSPS) is 16.2. The topological polar surface area (TPSA) is 175 Å². The Balaban J connectivity index is 0.000000184. The van der Waals surface area contributed by atoms with Crippen molar-refractivity contribution < 1.29 is 43.1 Å². The van der Waals surface area contributed by atoms with Gasteiger partial charge in [0, 0.05) is 29.7 Å². The SMILES string of the molecule is CC1=Nc2ccc3ccc(S(=O)(=O)O)cc3c2C1(C)C.CC1=[N+](C)c2ccc3ccc(S(=O)(=O)O)cc3c2C1(C)C.O=S(=O)=O. The molecule has 0 atom stereocenters. The van der Waals surface area contributed by atoms with E-state index in [9.17, 15) is 25.9 Å². The number of hydrogen-bond acceptors (Lipinski definition) is 8. The monoisotopic (exact) mass is 673 g/mol. The van der Waals surface area contributed by atoms with Gasteiger partial charge in [0.05, 0.1) is 20.9 Å². The molecule has 0 unspecified atom stereocenters. The molecule has 0 bridgehead atoms. The van der Waals surface area contributed by atoms with Crippen LogP contribution in [0.5, 0.6) is 0 Å². The van der Waals surface area contributed by atoms with Crippen molar-refractivity contribution >= 4 is 75.2 Å². The van der Waals surface area contributed by atoms with Crippen molar-refractivity contribution in [3.8, 4) is 0 Å². The first-order chi connectivity index (χ1) is 20.6. The van der Waals surface area contributed by atoms with Gasteiger partial charge in [0.25, 0.3) is 20.2 Å². The molecule has 2 aliphatic heterocycles. The Morgan fingerprint density at radius 3 is 1.58 bits per heavy atom. The van der Waals surface area contributed by atoms with Crippen LogP contribution in [-0.4, -0.2) is 61.6 Å². The van der Waals surface area contributed by atoms with Crippen LogP contribution in [0.2, 0.25) is 0 Å². The summed E-state index contributed by atoms with van der Waals surface area (Å²) >= 11 is 0. The van der Waals surface area contributed by atoms with Gasteiger partial charge in [-0.05, 0) is 84.3 Å². The molecule has 0 radical (unpaired) electrons. The molecule has 0 aliphatic carbocycles. The molecule has 0 saturated heterocycles. The minimum absolute atomic E-state index is 0.0635. The standard InChI is InChI=1S/C16H17NO3S.C15H15NO3S.O3S/c1-10-16(2,3)15-13-9-12(21(18,19)20)7-5-11(13)6-8-14(15)17(10)4;1-9-15(2,3)14-12-8-11(20(17,18)19)6-4-10(12)5-7-13(14)16-9;1-4(2)3/h5-9H,1-4H3;4-8H,1-3H3,(H,17,18,19);/p+1. The first-order valence-electron chi connectivity index (χ1n) is 13.6. The van der Waals surface area contributed by atoms with Gasteiger partial charge in [0.2, 0.25) is 5.69 Å². The maximum absolute atomic E-state index is 11.4. The Hall–Kier alpha value is -3.82. The van der Waals surface area contributed by atoms with Gasteiger partial charge in [-0.25, -0.2) is 4.58 Å². The lowest BCUT2D eigenvalue weighted by molar-refractivity contribution is -0.402. The molecule has 0 saturated carbocycles. The minimum atomic E-state index is -4.20. The molecule has 2 heterocycles. The van der Waals surface area contributed by atoms with Crippen LogP contribution in [0.25, 0.3) is 21.5 Å². The van der Waals surface area contributed by atoms with Crippen LogP contribution in [0.4, 0.5) is 11.4 Å². The van der Waals surface area contributed by atoms with Crippen LogP contribution in [-0.2, 0) is 41.7 Å². The van der Waals surface area contributed by atoms with Crippen molar-refractivity contribution in [1.82, 2.24) is 0 Å². The van der Waals surface area contributed by atoms with Crippen LogP contribution in [0.15, 0.2) is 75.4 Å². The van der Waals surface area contributed by atoms with E-state index in [1.165, 1.54) is 23.9 Å². The van der Waals surface area contributed by atoms with Gasteiger partial charge in [-0.15, -0.1) is 12.6 Å². The Labute approximate surface area is 263 Å². The first kappa shape index (κ1) is 34.1. The molecule has 2 N–H and O–H groups in total. The third-order valence-electron chi connectivity index (χ3n) is 8.75. The average Bonchev–Trinajstić information content (AvgIpc) is 3.27. The zero-order valence-electron chi connectivity index (χ0n) is 25.6. The minimum Gasteiger partial charge on any atom is -0.282 e. The zero-order valence-corrected chi connectivity index (χ0v) is 28.1. The van der Waals surface area contributed by atoms with E-state index in [1.807, 2.05) is 32.2 Å². The van der Waals surface area contributed by atoms with E-state index in [2.05, 4.69) is 50.3 Å². The van der Waals surface area contributed by atoms with Crippen molar-refractivity contribution in [1.29, 1.82) is 0 Å². The molecule has 11 nitrogen and oxygen atoms in total. The number of rotatable bonds is 2. The number of hydrogen-bond donors (Lipinski definition) is 2. The second kappa shape index (κ2) is 11.5. The summed E-state index contributed by atoms with van der Waals surface area (Å²) < 4.78 is 91.4. The lowest BCUT2D eigenvalue weighted by Gasteiger charge is -2.22. The van der Waals surface area contributed by atoms with Gasteiger partial charge in [-0.1, -0.05) is 32.0 Å². The summed E-state index contributed by atoms with van der Waals surface area (Å²) in [4.78, 5) is 4.40. The molecule has 4 aromatic rings. The third-order valence-corrected chi connectivity index (χ3v) is 10.4. The van der Waals surface area contributed by atoms with Crippen LogP contribution < -0.4 is 0 Å². The van der Waals surface area contributed by atoms with E-state index >= 15 is 0 Å². The fourth-order valence-electron chi connectivity index (χ4n) is 5.86. The highest BCUT2D eigenvalue weighted by Crippen LogP contribution is 2.45. The fraction of sp³-hybridized carbons (Fsp3) is 0.290. The van der Waals surface area contributed by atoms with Gasteiger partial charge in [0.1, 0.15) is 7.05 Å². The second-order valence-electron chi connectivity index (χ2n) is 11.9. The highest BCUT2D eigenvalue weighted by Gasteiger charge is 2.43. The second-order valence-corrected chi connectivity index (χ2v) is 15.2. The first-order valence-corrected chi connectivity index (χ1v) is 17.5. The molecular formula is C31H33N2O9S3+. The van der Waals surface area contributed by atoms with Crippen LogP contribution in [0, 0.1) is 0 Å². The summed E-state index contributed by atoms with van der Waals surface area (Å²) in [6.45, 7) is 12.4. The van der Waals surface area contributed by atoms with Gasteiger partial charge < -0.3 is 0 Å². The average molecular weight is 674 g/mol. The number of fused-ring (bicyclic) bond motifs is 6. The molecule has 2 aliphatic rings. The highest BCUT2D eigenvalue weighted by atomic mass is 32.2. The van der Waals surface area contributed by atoms with E-state index in [4.69, 9.17) is 12.6 Å². The maximum Gasteiger partial charge on any atom is 0.425 e. The molecule has 4 aromatic carbocycles. The number of nitrogens with zero attached hydrogens (tertiary/aromatic N) is 2. The van der Waals surface area contributed by atoms with Crippen LogP contribution >= 0.6 is 0 Å². The predicted molar refractivity (Wildman–Crippen MR) is 173 cm³/mol. The van der Waals surface area contributed by atoms with E-state index in [0.717, 1.165) is 49.8 Å². The summed E-state index contributed by atoms with van der Waals surface area (Å²) in [6.07, 6.45) is 0. The molecule has 238 valence electrons. The molecule has 14 heteroatoms. The fourth-order valence-corrected chi connectivity index (χ4v) is 6.88. The third kappa shape index (κ3) is 6.33. The quantitative estimate of drug-likeness (QED) is 0.203. The Kier molecular flexibility index (Phi) is 8.72. The Morgan fingerprint density at radius 1 is 0.689 bits per heavy atom.